The van der Waals surface area contributed by atoms with Crippen molar-refractivity contribution in [2.45, 2.75) is 38.6 Å². The lowest BCUT2D eigenvalue weighted by molar-refractivity contribution is -0.151. The van der Waals surface area contributed by atoms with Crippen molar-refractivity contribution < 1.29 is 14.7 Å². The van der Waals surface area contributed by atoms with Crippen LogP contribution < -0.4 is 0 Å². The van der Waals surface area contributed by atoms with Crippen LogP contribution in [0.2, 0.25) is 5.02 Å². The number of aliphatic carboxylic acids is 1. The highest BCUT2D eigenvalue weighted by Gasteiger charge is 2.49. The Bertz CT molecular complexity index is 618. The highest BCUT2D eigenvalue weighted by molar-refractivity contribution is 6.31. The van der Waals surface area contributed by atoms with Gasteiger partial charge in [-0.05, 0) is 42.7 Å². The minimum Gasteiger partial charge on any atom is -0.480 e. The molecule has 1 saturated carbocycles. The van der Waals surface area contributed by atoms with E-state index in [1.807, 2.05) is 31.2 Å². The molecular formula is C18H22ClNO3. The van der Waals surface area contributed by atoms with Gasteiger partial charge in [0, 0.05) is 17.5 Å². The number of carboxylic acids is 1. The van der Waals surface area contributed by atoms with Gasteiger partial charge in [0.25, 0.3) is 0 Å². The molecule has 1 aromatic rings. The van der Waals surface area contributed by atoms with Crippen molar-refractivity contribution in [3.63, 3.8) is 0 Å². The van der Waals surface area contributed by atoms with E-state index in [-0.39, 0.29) is 17.7 Å². The van der Waals surface area contributed by atoms with Gasteiger partial charge in [-0.2, -0.15) is 0 Å². The molecule has 2 fully saturated rings. The molecule has 3 rings (SSSR count). The molecule has 2 aliphatic rings. The topological polar surface area (TPSA) is 57.6 Å². The summed E-state index contributed by atoms with van der Waals surface area (Å²) in [5, 5.41) is 10.2. The quantitative estimate of drug-likeness (QED) is 0.919. The maximum Gasteiger partial charge on any atom is 0.326 e. The van der Waals surface area contributed by atoms with Gasteiger partial charge in [-0.25, -0.2) is 4.79 Å². The zero-order valence-corrected chi connectivity index (χ0v) is 14.0. The van der Waals surface area contributed by atoms with Gasteiger partial charge in [-0.1, -0.05) is 43.1 Å². The lowest BCUT2D eigenvalue weighted by Crippen LogP contribution is -2.45. The van der Waals surface area contributed by atoms with Crippen LogP contribution in [0.15, 0.2) is 24.3 Å². The second-order valence-electron chi connectivity index (χ2n) is 6.83. The summed E-state index contributed by atoms with van der Waals surface area (Å²) in [6.45, 7) is 2.45. The van der Waals surface area contributed by atoms with Gasteiger partial charge >= 0.3 is 5.97 Å². The zero-order chi connectivity index (χ0) is 16.6. The smallest absolute Gasteiger partial charge is 0.326 e. The van der Waals surface area contributed by atoms with E-state index in [1.54, 1.807) is 4.90 Å². The molecule has 4 nitrogen and oxygen atoms in total. The van der Waals surface area contributed by atoms with Crippen LogP contribution >= 0.6 is 11.6 Å². The SMILES string of the molecule is CC(Cc1ccccc1Cl)C(=O)N1CC2CCCC2C1C(=O)O. The number of halogens is 1. The summed E-state index contributed by atoms with van der Waals surface area (Å²) in [4.78, 5) is 26.1. The van der Waals surface area contributed by atoms with Crippen LogP contribution in [-0.4, -0.2) is 34.5 Å². The number of hydrogen-bond donors (Lipinski definition) is 1. The molecule has 1 aliphatic carbocycles. The number of benzene rings is 1. The Balaban J connectivity index is 1.74. The molecule has 0 radical (unpaired) electrons. The Morgan fingerprint density at radius 2 is 2.09 bits per heavy atom. The van der Waals surface area contributed by atoms with Crippen LogP contribution in [0.1, 0.15) is 31.7 Å². The van der Waals surface area contributed by atoms with Crippen molar-refractivity contribution in [3.05, 3.63) is 34.9 Å². The number of rotatable bonds is 4. The van der Waals surface area contributed by atoms with Crippen LogP contribution in [0.25, 0.3) is 0 Å². The number of carboxylic acid groups (broad SMARTS) is 1. The second kappa shape index (κ2) is 6.52. The normalized spacial score (nSPS) is 27.7. The van der Waals surface area contributed by atoms with Gasteiger partial charge in [0.15, 0.2) is 0 Å². The second-order valence-corrected chi connectivity index (χ2v) is 7.23. The minimum atomic E-state index is -0.863. The molecular weight excluding hydrogens is 314 g/mol. The molecule has 0 spiro atoms. The molecule has 1 aliphatic heterocycles. The third-order valence-corrected chi connectivity index (χ3v) is 5.70. The van der Waals surface area contributed by atoms with Gasteiger partial charge in [-0.15, -0.1) is 0 Å². The lowest BCUT2D eigenvalue weighted by atomic mass is 9.94. The van der Waals surface area contributed by atoms with Gasteiger partial charge < -0.3 is 10.0 Å². The summed E-state index contributed by atoms with van der Waals surface area (Å²) >= 11 is 6.17. The highest BCUT2D eigenvalue weighted by atomic mass is 35.5. The zero-order valence-electron chi connectivity index (χ0n) is 13.2. The maximum atomic E-state index is 12.8. The fourth-order valence-corrected chi connectivity index (χ4v) is 4.43. The van der Waals surface area contributed by atoms with Crippen LogP contribution in [0.4, 0.5) is 0 Å². The number of amides is 1. The van der Waals surface area contributed by atoms with Crippen molar-refractivity contribution >= 4 is 23.5 Å². The van der Waals surface area contributed by atoms with Gasteiger partial charge in [0.2, 0.25) is 5.91 Å². The monoisotopic (exact) mass is 335 g/mol. The van der Waals surface area contributed by atoms with E-state index in [4.69, 9.17) is 11.6 Å². The Morgan fingerprint density at radius 3 is 2.78 bits per heavy atom. The van der Waals surface area contributed by atoms with Crippen molar-refractivity contribution in [2.75, 3.05) is 6.54 Å². The van der Waals surface area contributed by atoms with Crippen molar-refractivity contribution in [3.8, 4) is 0 Å². The van der Waals surface area contributed by atoms with Gasteiger partial charge in [-0.3, -0.25) is 4.79 Å². The molecule has 1 N–H and O–H groups in total. The average molecular weight is 336 g/mol. The van der Waals surface area contributed by atoms with Crippen LogP contribution in [0.3, 0.4) is 0 Å². The molecule has 23 heavy (non-hydrogen) atoms. The Kier molecular flexibility index (Phi) is 4.62. The van der Waals surface area contributed by atoms with E-state index in [2.05, 4.69) is 0 Å². The standard InChI is InChI=1S/C18H22ClNO3/c1-11(9-12-5-2-3-8-15(12)19)17(21)20-10-13-6-4-7-14(13)16(20)18(22)23/h2-3,5,8,11,13-14,16H,4,6-7,9-10H2,1H3,(H,22,23). The predicted molar refractivity (Wildman–Crippen MR) is 88.3 cm³/mol. The first kappa shape index (κ1) is 16.3. The van der Waals surface area contributed by atoms with E-state index in [0.717, 1.165) is 24.8 Å². The first-order chi connectivity index (χ1) is 11.0. The van der Waals surface area contributed by atoms with Crippen LogP contribution in [-0.2, 0) is 16.0 Å². The van der Waals surface area contributed by atoms with E-state index >= 15 is 0 Å². The summed E-state index contributed by atoms with van der Waals surface area (Å²) in [5.41, 5.74) is 0.932. The van der Waals surface area contributed by atoms with E-state index in [0.29, 0.717) is 23.9 Å². The van der Waals surface area contributed by atoms with Crippen LogP contribution in [0, 0.1) is 17.8 Å². The first-order valence-electron chi connectivity index (χ1n) is 8.25. The molecule has 4 atom stereocenters. The van der Waals surface area contributed by atoms with Crippen molar-refractivity contribution in [1.29, 1.82) is 0 Å². The van der Waals surface area contributed by atoms with Gasteiger partial charge in [0.05, 0.1) is 0 Å². The molecule has 4 unspecified atom stereocenters. The molecule has 124 valence electrons. The molecule has 5 heteroatoms. The minimum absolute atomic E-state index is 0.0632. The lowest BCUT2D eigenvalue weighted by Gasteiger charge is -2.27. The maximum absolute atomic E-state index is 12.8. The van der Waals surface area contributed by atoms with Crippen molar-refractivity contribution in [2.24, 2.45) is 17.8 Å². The van der Waals surface area contributed by atoms with Gasteiger partial charge in [0.1, 0.15) is 6.04 Å². The fraction of sp³-hybridized carbons (Fsp3) is 0.556. The Labute approximate surface area is 141 Å². The largest absolute Gasteiger partial charge is 0.480 e. The average Bonchev–Trinajstić information content (AvgIpc) is 3.08. The van der Waals surface area contributed by atoms with Crippen LogP contribution in [0.5, 0.6) is 0 Å². The van der Waals surface area contributed by atoms with E-state index in [1.165, 1.54) is 0 Å². The van der Waals surface area contributed by atoms with Crippen molar-refractivity contribution in [1.82, 2.24) is 4.90 Å². The first-order valence-corrected chi connectivity index (χ1v) is 8.63. The number of nitrogens with zero attached hydrogens (tertiary/aromatic N) is 1. The van der Waals surface area contributed by atoms with E-state index < -0.39 is 12.0 Å². The fourth-order valence-electron chi connectivity index (χ4n) is 4.21. The number of fused-ring (bicyclic) bond motifs is 1. The number of carbonyl (C=O) groups excluding carboxylic acids is 1. The summed E-state index contributed by atoms with van der Waals surface area (Å²) in [7, 11) is 0. The Hall–Kier alpha value is -1.55. The molecule has 0 aromatic heterocycles. The molecule has 1 heterocycles. The summed E-state index contributed by atoms with van der Waals surface area (Å²) in [5.74, 6) is -0.712. The molecule has 1 aromatic carbocycles. The summed E-state index contributed by atoms with van der Waals surface area (Å²) in [6, 6.07) is 6.84. The number of hydrogen-bond acceptors (Lipinski definition) is 2. The number of carbonyl (C=O) groups is 2. The molecule has 1 amide bonds. The third kappa shape index (κ3) is 3.09. The Morgan fingerprint density at radius 1 is 1.35 bits per heavy atom. The molecule has 1 saturated heterocycles. The third-order valence-electron chi connectivity index (χ3n) is 5.33. The van der Waals surface area contributed by atoms with E-state index in [9.17, 15) is 14.7 Å². The predicted octanol–water partition coefficient (Wildman–Crippen LogP) is 3.23. The summed E-state index contributed by atoms with van der Waals surface area (Å²) in [6.07, 6.45) is 3.58. The molecule has 0 bridgehead atoms. The number of likely N-dealkylation sites (tertiary alicyclic amines) is 1. The highest BCUT2D eigenvalue weighted by Crippen LogP contribution is 2.42. The summed E-state index contributed by atoms with van der Waals surface area (Å²) < 4.78 is 0.